The van der Waals surface area contributed by atoms with Crippen LogP contribution in [0, 0.1) is 17.2 Å². The summed E-state index contributed by atoms with van der Waals surface area (Å²) in [5.41, 5.74) is 0. The van der Waals surface area contributed by atoms with Crippen molar-refractivity contribution in [1.29, 1.82) is 5.26 Å². The normalized spacial score (nSPS) is 32.8. The van der Waals surface area contributed by atoms with E-state index in [-0.39, 0.29) is 5.92 Å². The summed E-state index contributed by atoms with van der Waals surface area (Å²) in [6.45, 7) is 1.11. The number of nitrogens with zero attached hydrogens (tertiary/aromatic N) is 1. The average Bonchev–Trinajstić information content (AvgIpc) is 3.11. The van der Waals surface area contributed by atoms with Gasteiger partial charge in [-0.1, -0.05) is 19.3 Å². The van der Waals surface area contributed by atoms with Gasteiger partial charge in [0.1, 0.15) is 0 Å². The maximum absolute atomic E-state index is 9.19. The van der Waals surface area contributed by atoms with Crippen molar-refractivity contribution >= 4 is 11.8 Å². The first-order chi connectivity index (χ1) is 7.79. The third-order valence-corrected chi connectivity index (χ3v) is 5.53. The third-order valence-electron chi connectivity index (χ3n) is 4.11. The van der Waals surface area contributed by atoms with Crippen molar-refractivity contribution in [2.24, 2.45) is 5.92 Å². The quantitative estimate of drug-likeness (QED) is 0.765. The first-order valence-electron chi connectivity index (χ1n) is 6.48. The van der Waals surface area contributed by atoms with Crippen molar-refractivity contribution in [3.63, 3.8) is 0 Å². The van der Waals surface area contributed by atoms with Gasteiger partial charge in [-0.2, -0.15) is 17.0 Å². The third kappa shape index (κ3) is 2.93. The van der Waals surface area contributed by atoms with Crippen LogP contribution in [0.5, 0.6) is 0 Å². The van der Waals surface area contributed by atoms with Crippen LogP contribution in [-0.2, 0) is 0 Å². The smallest absolute Gasteiger partial charge is 0.0672 e. The molecule has 2 rings (SSSR count). The van der Waals surface area contributed by atoms with Gasteiger partial charge in [0.05, 0.1) is 12.0 Å². The van der Waals surface area contributed by atoms with Gasteiger partial charge in [-0.05, 0) is 31.9 Å². The number of rotatable bonds is 4. The van der Waals surface area contributed by atoms with Crippen molar-refractivity contribution < 1.29 is 0 Å². The van der Waals surface area contributed by atoms with E-state index in [0.29, 0.717) is 10.8 Å². The lowest BCUT2D eigenvalue weighted by Gasteiger charge is -2.23. The molecule has 1 N–H and O–H groups in total. The molecule has 2 aliphatic carbocycles. The zero-order chi connectivity index (χ0) is 11.4. The van der Waals surface area contributed by atoms with Gasteiger partial charge in [-0.3, -0.25) is 0 Å². The van der Waals surface area contributed by atoms with Gasteiger partial charge in [0.15, 0.2) is 0 Å². The predicted molar refractivity (Wildman–Crippen MR) is 69.5 cm³/mol. The molecule has 0 heterocycles. The van der Waals surface area contributed by atoms with Crippen LogP contribution in [0.4, 0.5) is 0 Å². The minimum atomic E-state index is 0.250. The highest BCUT2D eigenvalue weighted by atomic mass is 32.2. The molecule has 0 bridgehead atoms. The van der Waals surface area contributed by atoms with Crippen LogP contribution in [0.25, 0.3) is 0 Å². The summed E-state index contributed by atoms with van der Waals surface area (Å²) in [4.78, 5) is 0. The van der Waals surface area contributed by atoms with Crippen LogP contribution >= 0.6 is 11.8 Å². The lowest BCUT2D eigenvalue weighted by atomic mass is 9.96. The van der Waals surface area contributed by atoms with Crippen molar-refractivity contribution in [2.45, 2.75) is 55.7 Å². The molecule has 0 aromatic carbocycles. The first-order valence-corrected chi connectivity index (χ1v) is 7.70. The molecule has 90 valence electrons. The summed E-state index contributed by atoms with van der Waals surface area (Å²) in [7, 11) is 0. The summed E-state index contributed by atoms with van der Waals surface area (Å²) in [6, 6.07) is 2.96. The molecule has 3 heteroatoms. The average molecular weight is 238 g/mol. The number of nitriles is 1. The number of hydrogen-bond acceptors (Lipinski definition) is 3. The minimum Gasteiger partial charge on any atom is -0.311 e. The first kappa shape index (κ1) is 12.3. The van der Waals surface area contributed by atoms with E-state index in [0.717, 1.165) is 13.0 Å². The van der Waals surface area contributed by atoms with Crippen LogP contribution in [-0.4, -0.2) is 23.6 Å². The molecule has 0 spiro atoms. The van der Waals surface area contributed by atoms with Crippen LogP contribution in [0.3, 0.4) is 0 Å². The van der Waals surface area contributed by atoms with Crippen LogP contribution in [0.2, 0.25) is 0 Å². The number of nitrogens with one attached hydrogen (secondary N) is 1. The van der Waals surface area contributed by atoms with Crippen molar-refractivity contribution in [2.75, 3.05) is 12.8 Å². The highest BCUT2D eigenvalue weighted by Crippen LogP contribution is 2.46. The van der Waals surface area contributed by atoms with Gasteiger partial charge in [-0.15, -0.1) is 0 Å². The summed E-state index contributed by atoms with van der Waals surface area (Å²) in [5.74, 6) is 0.250. The Hall–Kier alpha value is -0.200. The molecule has 0 amide bonds. The van der Waals surface area contributed by atoms with E-state index < -0.39 is 0 Å². The van der Waals surface area contributed by atoms with Gasteiger partial charge in [0, 0.05) is 17.3 Å². The van der Waals surface area contributed by atoms with Crippen molar-refractivity contribution in [1.82, 2.24) is 5.32 Å². The fraction of sp³-hybridized carbons (Fsp3) is 0.923. The van der Waals surface area contributed by atoms with Gasteiger partial charge < -0.3 is 5.32 Å². The Balaban J connectivity index is 1.84. The standard InChI is InChI=1S/C13H22N2S/c1-16-13(7-8-13)10-15-12-6-4-2-3-5-11(12)9-14/h11-12,15H,2-8,10H2,1H3. The van der Waals surface area contributed by atoms with Gasteiger partial charge in [0.2, 0.25) is 0 Å². The second kappa shape index (κ2) is 5.42. The Morgan fingerprint density at radius 1 is 1.31 bits per heavy atom. The Morgan fingerprint density at radius 2 is 2.06 bits per heavy atom. The van der Waals surface area contributed by atoms with Crippen molar-refractivity contribution in [3.05, 3.63) is 0 Å². The lowest BCUT2D eigenvalue weighted by Crippen LogP contribution is -2.39. The Morgan fingerprint density at radius 3 is 2.69 bits per heavy atom. The fourth-order valence-corrected chi connectivity index (χ4v) is 3.35. The summed E-state index contributed by atoms with van der Waals surface area (Å²) in [6.07, 6.45) is 11.1. The Kier molecular flexibility index (Phi) is 4.16. The Labute approximate surface area is 103 Å². The van der Waals surface area contributed by atoms with Gasteiger partial charge >= 0.3 is 0 Å². The second-order valence-corrected chi connectivity index (χ2v) is 6.52. The molecule has 0 aromatic heterocycles. The van der Waals surface area contributed by atoms with Crippen LogP contribution < -0.4 is 5.32 Å². The van der Waals surface area contributed by atoms with E-state index in [9.17, 15) is 5.26 Å². The van der Waals surface area contributed by atoms with E-state index in [1.807, 2.05) is 11.8 Å². The molecule has 0 aromatic rings. The van der Waals surface area contributed by atoms with Crippen LogP contribution in [0.15, 0.2) is 0 Å². The summed E-state index contributed by atoms with van der Waals surface area (Å²) in [5, 5.41) is 12.9. The van der Waals surface area contributed by atoms with E-state index in [2.05, 4.69) is 17.6 Å². The van der Waals surface area contributed by atoms with Crippen LogP contribution in [0.1, 0.15) is 44.9 Å². The van der Waals surface area contributed by atoms with Gasteiger partial charge in [0.25, 0.3) is 0 Å². The molecule has 2 saturated carbocycles. The number of hydrogen-bond donors (Lipinski definition) is 1. The molecular formula is C13H22N2S. The lowest BCUT2D eigenvalue weighted by molar-refractivity contribution is 0.393. The largest absolute Gasteiger partial charge is 0.311 e. The molecular weight excluding hydrogens is 216 g/mol. The molecule has 2 atom stereocenters. The molecule has 16 heavy (non-hydrogen) atoms. The highest BCUT2D eigenvalue weighted by molar-refractivity contribution is 8.00. The molecule has 0 saturated heterocycles. The van der Waals surface area contributed by atoms with Gasteiger partial charge in [-0.25, -0.2) is 0 Å². The molecule has 2 aliphatic rings. The molecule has 0 radical (unpaired) electrons. The topological polar surface area (TPSA) is 35.8 Å². The van der Waals surface area contributed by atoms with E-state index >= 15 is 0 Å². The maximum Gasteiger partial charge on any atom is 0.0672 e. The maximum atomic E-state index is 9.19. The Bertz CT molecular complexity index is 268. The monoisotopic (exact) mass is 238 g/mol. The minimum absolute atomic E-state index is 0.250. The molecule has 2 nitrogen and oxygen atoms in total. The zero-order valence-electron chi connectivity index (χ0n) is 10.2. The van der Waals surface area contributed by atoms with E-state index in [1.165, 1.54) is 38.5 Å². The summed E-state index contributed by atoms with van der Waals surface area (Å²) >= 11 is 2.00. The predicted octanol–water partition coefficient (Wildman–Crippen LogP) is 2.94. The second-order valence-electron chi connectivity index (χ2n) is 5.25. The molecule has 0 aliphatic heterocycles. The van der Waals surface area contributed by atoms with Crippen molar-refractivity contribution in [3.8, 4) is 6.07 Å². The van der Waals surface area contributed by atoms with E-state index in [4.69, 9.17) is 0 Å². The summed E-state index contributed by atoms with van der Waals surface area (Å²) < 4.78 is 0.520. The molecule has 2 fully saturated rings. The highest BCUT2D eigenvalue weighted by Gasteiger charge is 2.42. The zero-order valence-corrected chi connectivity index (χ0v) is 11.0. The van der Waals surface area contributed by atoms with E-state index in [1.54, 1.807) is 0 Å². The SMILES string of the molecule is CSC1(CNC2CCCCCC2C#N)CC1. The molecule has 2 unspecified atom stereocenters. The fourth-order valence-electron chi connectivity index (χ4n) is 2.62. The number of thioether (sulfide) groups is 1.